The fraction of sp³-hybridized carbons (Fsp3) is 0.250. The van der Waals surface area contributed by atoms with Gasteiger partial charge in [-0.3, -0.25) is 14.5 Å². The van der Waals surface area contributed by atoms with E-state index in [4.69, 9.17) is 5.11 Å². The normalized spacial score (nSPS) is 15.9. The zero-order valence-electron chi connectivity index (χ0n) is 9.35. The predicted molar refractivity (Wildman–Crippen MR) is 59.7 cm³/mol. The maximum Gasteiger partial charge on any atom is 0.338 e. The number of aromatic carboxylic acids is 1. The minimum atomic E-state index is -1.44. The van der Waals surface area contributed by atoms with Crippen LogP contribution in [0.4, 0.5) is 10.1 Å². The van der Waals surface area contributed by atoms with Gasteiger partial charge in [-0.25, -0.2) is 9.18 Å². The van der Waals surface area contributed by atoms with Crippen LogP contribution in [0.25, 0.3) is 0 Å². The number of imide groups is 1. The van der Waals surface area contributed by atoms with E-state index < -0.39 is 29.2 Å². The maximum atomic E-state index is 13.2. The second-order valence-corrected chi connectivity index (χ2v) is 3.95. The summed E-state index contributed by atoms with van der Waals surface area (Å²) in [5.41, 5.74) is -0.456. The van der Waals surface area contributed by atoms with Crippen molar-refractivity contribution in [1.82, 2.24) is 0 Å². The highest BCUT2D eigenvalue weighted by Crippen LogP contribution is 2.24. The molecule has 6 heteroatoms. The number of carboxylic acid groups (broad SMARTS) is 1. The molecule has 1 N–H and O–H groups in total. The van der Waals surface area contributed by atoms with Gasteiger partial charge in [0.05, 0.1) is 11.3 Å². The average Bonchev–Trinajstić information content (AvgIpc) is 2.30. The number of amides is 2. The Balaban J connectivity index is 2.44. The summed E-state index contributed by atoms with van der Waals surface area (Å²) in [5.74, 6) is -3.13. The first-order chi connectivity index (χ1) is 8.50. The topological polar surface area (TPSA) is 74.7 Å². The van der Waals surface area contributed by atoms with Crippen LogP contribution in [0, 0.1) is 5.82 Å². The number of hydrogen-bond acceptors (Lipinski definition) is 3. The molecular weight excluding hydrogens is 241 g/mol. The van der Waals surface area contributed by atoms with Gasteiger partial charge in [0.1, 0.15) is 5.82 Å². The molecule has 1 aliphatic heterocycles. The molecule has 0 atom stereocenters. The van der Waals surface area contributed by atoms with Gasteiger partial charge in [-0.2, -0.15) is 0 Å². The molecule has 2 amide bonds. The van der Waals surface area contributed by atoms with Crippen molar-refractivity contribution in [3.63, 3.8) is 0 Å². The molecule has 18 heavy (non-hydrogen) atoms. The van der Waals surface area contributed by atoms with Gasteiger partial charge < -0.3 is 5.11 Å². The van der Waals surface area contributed by atoms with Gasteiger partial charge in [-0.15, -0.1) is 0 Å². The summed E-state index contributed by atoms with van der Waals surface area (Å²) in [5, 5.41) is 8.79. The molecule has 2 rings (SSSR count). The van der Waals surface area contributed by atoms with Crippen molar-refractivity contribution in [3.8, 4) is 0 Å². The van der Waals surface area contributed by atoms with E-state index in [0.29, 0.717) is 6.42 Å². The number of piperidine rings is 1. The first-order valence-electron chi connectivity index (χ1n) is 5.39. The van der Waals surface area contributed by atoms with E-state index in [1.54, 1.807) is 0 Å². The number of hydrogen-bond donors (Lipinski definition) is 1. The smallest absolute Gasteiger partial charge is 0.338 e. The summed E-state index contributed by atoms with van der Waals surface area (Å²) in [6.45, 7) is 0. The lowest BCUT2D eigenvalue weighted by Gasteiger charge is -2.25. The van der Waals surface area contributed by atoms with Crippen molar-refractivity contribution in [2.24, 2.45) is 0 Å². The number of benzene rings is 1. The molecule has 94 valence electrons. The van der Waals surface area contributed by atoms with E-state index in [1.165, 1.54) is 6.07 Å². The summed E-state index contributed by atoms with van der Waals surface area (Å²) in [7, 11) is 0. The van der Waals surface area contributed by atoms with E-state index in [2.05, 4.69) is 0 Å². The number of carbonyl (C=O) groups is 3. The Bertz CT molecular complexity index is 525. The van der Waals surface area contributed by atoms with Crippen LogP contribution < -0.4 is 4.90 Å². The molecule has 1 aromatic carbocycles. The third-order valence-electron chi connectivity index (χ3n) is 2.72. The molecule has 1 fully saturated rings. The van der Waals surface area contributed by atoms with Crippen LogP contribution in [0.2, 0.25) is 0 Å². The lowest BCUT2D eigenvalue weighted by molar-refractivity contribution is -0.129. The molecular formula is C12H10FNO4. The third kappa shape index (κ3) is 2.09. The molecule has 0 saturated carbocycles. The number of anilines is 1. The molecule has 1 aliphatic rings. The second-order valence-electron chi connectivity index (χ2n) is 3.95. The Morgan fingerprint density at radius 2 is 1.83 bits per heavy atom. The molecule has 0 radical (unpaired) electrons. The summed E-state index contributed by atoms with van der Waals surface area (Å²) < 4.78 is 13.2. The van der Waals surface area contributed by atoms with Gasteiger partial charge in [0, 0.05) is 12.8 Å². The summed E-state index contributed by atoms with van der Waals surface area (Å²) in [6, 6.07) is 3.16. The monoisotopic (exact) mass is 251 g/mol. The highest BCUT2D eigenvalue weighted by Gasteiger charge is 2.28. The van der Waals surface area contributed by atoms with E-state index in [1.807, 2.05) is 0 Å². The van der Waals surface area contributed by atoms with Crippen LogP contribution in [0.1, 0.15) is 29.6 Å². The van der Waals surface area contributed by atoms with Crippen LogP contribution in [0.3, 0.4) is 0 Å². The first-order valence-corrected chi connectivity index (χ1v) is 5.39. The Labute approximate surface area is 102 Å². The number of halogens is 1. The standard InChI is InChI=1S/C12H10FNO4/c13-9-5-4-7(6-8(9)12(17)18)14-10(15)2-1-3-11(14)16/h4-6H,1-3H2,(H,17,18). The molecule has 1 saturated heterocycles. The number of carbonyl (C=O) groups excluding carboxylic acids is 2. The quantitative estimate of drug-likeness (QED) is 0.809. The average molecular weight is 251 g/mol. The van der Waals surface area contributed by atoms with Gasteiger partial charge in [-0.05, 0) is 24.6 Å². The van der Waals surface area contributed by atoms with Gasteiger partial charge in [0.15, 0.2) is 0 Å². The molecule has 0 unspecified atom stereocenters. The molecule has 1 aromatic rings. The molecule has 0 aromatic heterocycles. The molecule has 0 aliphatic carbocycles. The fourth-order valence-corrected chi connectivity index (χ4v) is 1.86. The Hall–Kier alpha value is -2.24. The first kappa shape index (κ1) is 12.2. The highest BCUT2D eigenvalue weighted by atomic mass is 19.1. The van der Waals surface area contributed by atoms with E-state index in [9.17, 15) is 18.8 Å². The molecule has 5 nitrogen and oxygen atoms in total. The minimum absolute atomic E-state index is 0.100. The van der Waals surface area contributed by atoms with E-state index in [0.717, 1.165) is 17.0 Å². The van der Waals surface area contributed by atoms with Crippen LogP contribution in [0.15, 0.2) is 18.2 Å². The summed E-state index contributed by atoms with van der Waals surface area (Å²) >= 11 is 0. The highest BCUT2D eigenvalue weighted by molar-refractivity contribution is 6.16. The predicted octanol–water partition coefficient (Wildman–Crippen LogP) is 1.57. The molecule has 0 spiro atoms. The second kappa shape index (κ2) is 4.56. The Kier molecular flexibility index (Phi) is 3.10. The Morgan fingerprint density at radius 3 is 2.39 bits per heavy atom. The molecule has 1 heterocycles. The van der Waals surface area contributed by atoms with Crippen molar-refractivity contribution < 1.29 is 23.9 Å². The minimum Gasteiger partial charge on any atom is -0.478 e. The van der Waals surface area contributed by atoms with Crippen LogP contribution in [-0.2, 0) is 9.59 Å². The summed E-state index contributed by atoms with van der Waals surface area (Å²) in [4.78, 5) is 35.0. The van der Waals surface area contributed by atoms with Crippen molar-refractivity contribution in [1.29, 1.82) is 0 Å². The maximum absolute atomic E-state index is 13.2. The van der Waals surface area contributed by atoms with Crippen molar-refractivity contribution >= 4 is 23.5 Å². The van der Waals surface area contributed by atoms with Crippen LogP contribution in [0.5, 0.6) is 0 Å². The van der Waals surface area contributed by atoms with Gasteiger partial charge in [0.2, 0.25) is 11.8 Å². The molecule has 0 bridgehead atoms. The zero-order chi connectivity index (χ0) is 13.3. The summed E-state index contributed by atoms with van der Waals surface area (Å²) in [6.07, 6.45) is 0.943. The number of nitrogens with zero attached hydrogens (tertiary/aromatic N) is 1. The zero-order valence-corrected chi connectivity index (χ0v) is 9.35. The van der Waals surface area contributed by atoms with Crippen molar-refractivity contribution in [2.75, 3.05) is 4.90 Å². The third-order valence-corrected chi connectivity index (χ3v) is 2.72. The van der Waals surface area contributed by atoms with E-state index in [-0.39, 0.29) is 18.5 Å². The van der Waals surface area contributed by atoms with Crippen LogP contribution in [-0.4, -0.2) is 22.9 Å². The van der Waals surface area contributed by atoms with Crippen LogP contribution >= 0.6 is 0 Å². The van der Waals surface area contributed by atoms with Crippen molar-refractivity contribution in [2.45, 2.75) is 19.3 Å². The van der Waals surface area contributed by atoms with Gasteiger partial charge in [0.25, 0.3) is 0 Å². The Morgan fingerprint density at radius 1 is 1.22 bits per heavy atom. The van der Waals surface area contributed by atoms with Crippen molar-refractivity contribution in [3.05, 3.63) is 29.6 Å². The lowest BCUT2D eigenvalue weighted by Crippen LogP contribution is -2.40. The van der Waals surface area contributed by atoms with E-state index >= 15 is 0 Å². The fourth-order valence-electron chi connectivity index (χ4n) is 1.86. The van der Waals surface area contributed by atoms with Gasteiger partial charge in [-0.1, -0.05) is 0 Å². The van der Waals surface area contributed by atoms with Gasteiger partial charge >= 0.3 is 5.97 Å². The number of carboxylic acids is 1. The lowest BCUT2D eigenvalue weighted by atomic mass is 10.1. The SMILES string of the molecule is O=C(O)c1cc(N2C(=O)CCCC2=O)ccc1F. The largest absolute Gasteiger partial charge is 0.478 e. The number of rotatable bonds is 2.